The number of aryl methyl sites for hydroxylation is 2. The molecule has 0 bridgehead atoms. The first-order chi connectivity index (χ1) is 16.2. The molecule has 1 aliphatic rings. The van der Waals surface area contributed by atoms with Crippen LogP contribution in [0.25, 0.3) is 39.1 Å². The minimum atomic E-state index is -0.688. The van der Waals surface area contributed by atoms with E-state index in [1.54, 1.807) is 0 Å². The van der Waals surface area contributed by atoms with E-state index in [1.807, 2.05) is 36.7 Å². The lowest BCUT2D eigenvalue weighted by atomic mass is 9.63. The second-order valence-electron chi connectivity index (χ2n) is 10.0. The monoisotopic (exact) mass is 449 g/mol. The minimum absolute atomic E-state index is 0.484. The molecule has 34 heavy (non-hydrogen) atoms. The third-order valence-electron chi connectivity index (χ3n) is 6.94. The molecule has 0 spiro atoms. The van der Waals surface area contributed by atoms with Crippen molar-refractivity contribution in [3.63, 3.8) is 0 Å². The molecule has 3 N–H and O–H groups in total. The number of rotatable bonds is 3. The molecule has 2 aromatic carbocycles. The molecule has 6 heteroatoms. The lowest BCUT2D eigenvalue weighted by molar-refractivity contribution is -0.0738. The van der Waals surface area contributed by atoms with Crippen LogP contribution in [0.4, 0.5) is 0 Å². The van der Waals surface area contributed by atoms with Gasteiger partial charge in [0.15, 0.2) is 11.3 Å². The van der Waals surface area contributed by atoms with Gasteiger partial charge in [-0.15, -0.1) is 0 Å². The summed E-state index contributed by atoms with van der Waals surface area (Å²) in [6.07, 6.45) is 2.99. The molecule has 0 atom stereocenters. The van der Waals surface area contributed by atoms with E-state index in [-0.39, 0.29) is 0 Å². The van der Waals surface area contributed by atoms with Crippen LogP contribution in [0.15, 0.2) is 66.9 Å². The number of pyridine rings is 1. The quantitative estimate of drug-likeness (QED) is 0.408. The summed E-state index contributed by atoms with van der Waals surface area (Å²) >= 11 is 0. The smallest absolute Gasteiger partial charge is 0.165 e. The van der Waals surface area contributed by atoms with Gasteiger partial charge in [-0.05, 0) is 56.4 Å². The van der Waals surface area contributed by atoms with E-state index < -0.39 is 11.1 Å². The maximum absolute atomic E-state index is 10.2. The van der Waals surface area contributed by atoms with Crippen molar-refractivity contribution in [2.24, 2.45) is 5.73 Å². The highest BCUT2D eigenvalue weighted by Crippen LogP contribution is 2.46. The fourth-order valence-electron chi connectivity index (χ4n) is 5.43. The van der Waals surface area contributed by atoms with E-state index >= 15 is 0 Å². The molecule has 3 heterocycles. The van der Waals surface area contributed by atoms with Crippen molar-refractivity contribution in [1.82, 2.24) is 19.6 Å². The molecule has 0 unspecified atom stereocenters. The van der Waals surface area contributed by atoms with Gasteiger partial charge in [-0.2, -0.15) is 9.61 Å². The topological polar surface area (TPSA) is 89.3 Å². The normalized spacial score (nSPS) is 22.3. The lowest BCUT2D eigenvalue weighted by Gasteiger charge is -2.49. The molecule has 0 saturated heterocycles. The average molecular weight is 450 g/mol. The van der Waals surface area contributed by atoms with Gasteiger partial charge in [0.2, 0.25) is 0 Å². The van der Waals surface area contributed by atoms with Crippen LogP contribution in [0.2, 0.25) is 0 Å². The summed E-state index contributed by atoms with van der Waals surface area (Å²) < 4.78 is 1.81. The molecular weight excluding hydrogens is 422 g/mol. The standard InChI is InChI=1S/C28H27N5O/c1-17-6-4-5-7-22(17)23-13-20-14-30-24-12-18(2)32-33(24)26(20)31-25(23)19-8-10-21(11-9-19)28(29)15-27(3,34)16-28/h4-14,34H,15-16,29H2,1-3H3. The third kappa shape index (κ3) is 3.30. The first-order valence-corrected chi connectivity index (χ1v) is 11.6. The van der Waals surface area contributed by atoms with Crippen molar-refractivity contribution in [2.45, 2.75) is 44.8 Å². The van der Waals surface area contributed by atoms with Crippen LogP contribution >= 0.6 is 0 Å². The van der Waals surface area contributed by atoms with Crippen molar-refractivity contribution in [1.29, 1.82) is 0 Å². The van der Waals surface area contributed by atoms with E-state index in [0.29, 0.717) is 12.8 Å². The molecule has 1 fully saturated rings. The number of aromatic nitrogens is 4. The molecule has 0 aliphatic heterocycles. The summed E-state index contributed by atoms with van der Waals surface area (Å²) in [5.74, 6) is 0. The molecule has 3 aromatic heterocycles. The van der Waals surface area contributed by atoms with Gasteiger partial charge < -0.3 is 10.8 Å². The molecular formula is C28H27N5O. The largest absolute Gasteiger partial charge is 0.390 e. The number of benzene rings is 2. The van der Waals surface area contributed by atoms with Gasteiger partial charge in [-0.3, -0.25) is 0 Å². The number of nitrogens with zero attached hydrogens (tertiary/aromatic N) is 4. The number of hydrogen-bond donors (Lipinski definition) is 2. The summed E-state index contributed by atoms with van der Waals surface area (Å²) in [6.45, 7) is 5.92. The predicted octanol–water partition coefficient (Wildman–Crippen LogP) is 4.93. The maximum atomic E-state index is 10.2. The lowest BCUT2D eigenvalue weighted by Crippen LogP contribution is -2.58. The van der Waals surface area contributed by atoms with E-state index in [0.717, 1.165) is 50.3 Å². The zero-order valence-corrected chi connectivity index (χ0v) is 19.6. The Morgan fingerprint density at radius 1 is 0.971 bits per heavy atom. The van der Waals surface area contributed by atoms with Crippen molar-refractivity contribution >= 4 is 16.7 Å². The van der Waals surface area contributed by atoms with Crippen LogP contribution in [0.5, 0.6) is 0 Å². The van der Waals surface area contributed by atoms with Crippen molar-refractivity contribution in [3.05, 3.63) is 83.7 Å². The van der Waals surface area contributed by atoms with Crippen LogP contribution in [0, 0.1) is 13.8 Å². The molecule has 1 saturated carbocycles. The van der Waals surface area contributed by atoms with Crippen LogP contribution in [-0.4, -0.2) is 30.3 Å². The van der Waals surface area contributed by atoms with Crippen molar-refractivity contribution in [3.8, 4) is 22.4 Å². The van der Waals surface area contributed by atoms with Crippen LogP contribution < -0.4 is 5.73 Å². The Morgan fingerprint density at radius 3 is 2.41 bits per heavy atom. The number of aliphatic hydroxyl groups is 1. The van der Waals surface area contributed by atoms with E-state index in [4.69, 9.17) is 10.7 Å². The fourth-order valence-corrected chi connectivity index (χ4v) is 5.43. The van der Waals surface area contributed by atoms with Crippen LogP contribution in [-0.2, 0) is 5.54 Å². The molecule has 6 rings (SSSR count). The van der Waals surface area contributed by atoms with E-state index in [2.05, 4.69) is 65.5 Å². The Labute approximate surface area is 198 Å². The molecule has 0 amide bonds. The van der Waals surface area contributed by atoms with Gasteiger partial charge in [0.05, 0.1) is 17.0 Å². The maximum Gasteiger partial charge on any atom is 0.165 e. The Balaban J connectivity index is 1.55. The second-order valence-corrected chi connectivity index (χ2v) is 10.0. The summed E-state index contributed by atoms with van der Waals surface area (Å²) in [7, 11) is 0. The van der Waals surface area contributed by atoms with Crippen LogP contribution in [0.1, 0.15) is 36.6 Å². The molecule has 170 valence electrons. The van der Waals surface area contributed by atoms with Gasteiger partial charge in [0.25, 0.3) is 0 Å². The average Bonchev–Trinajstić information content (AvgIpc) is 3.18. The highest BCUT2D eigenvalue weighted by molar-refractivity contribution is 5.91. The highest BCUT2D eigenvalue weighted by atomic mass is 16.3. The molecule has 5 aromatic rings. The Morgan fingerprint density at radius 2 is 1.71 bits per heavy atom. The molecule has 6 nitrogen and oxygen atoms in total. The summed E-state index contributed by atoms with van der Waals surface area (Å²) in [4.78, 5) is 9.72. The number of nitrogens with two attached hydrogens (primary N) is 1. The minimum Gasteiger partial charge on any atom is -0.390 e. The Bertz CT molecular complexity index is 1560. The summed E-state index contributed by atoms with van der Waals surface area (Å²) in [5, 5.41) is 15.8. The highest BCUT2D eigenvalue weighted by Gasteiger charge is 2.49. The fraction of sp³-hybridized carbons (Fsp3) is 0.250. The second kappa shape index (κ2) is 7.19. The third-order valence-corrected chi connectivity index (χ3v) is 6.94. The Hall–Kier alpha value is -3.61. The van der Waals surface area contributed by atoms with Gasteiger partial charge >= 0.3 is 0 Å². The molecule has 0 radical (unpaired) electrons. The SMILES string of the molecule is Cc1cc2ncc3cc(-c4ccccc4C)c(-c4ccc(C5(N)CC(C)(O)C5)cc4)nc3n2n1. The first-order valence-electron chi connectivity index (χ1n) is 11.6. The van der Waals surface area contributed by atoms with E-state index in [9.17, 15) is 5.11 Å². The first kappa shape index (κ1) is 21.0. The zero-order chi connectivity index (χ0) is 23.7. The summed E-state index contributed by atoms with van der Waals surface area (Å²) in [6, 6.07) is 20.8. The molecule has 1 aliphatic carbocycles. The van der Waals surface area contributed by atoms with Crippen molar-refractivity contribution < 1.29 is 5.11 Å². The Kier molecular flexibility index (Phi) is 4.43. The van der Waals surface area contributed by atoms with E-state index in [1.165, 1.54) is 5.56 Å². The van der Waals surface area contributed by atoms with Crippen molar-refractivity contribution in [2.75, 3.05) is 0 Å². The number of hydrogen-bond acceptors (Lipinski definition) is 5. The van der Waals surface area contributed by atoms with Gasteiger partial charge in [-0.1, -0.05) is 48.5 Å². The summed E-state index contributed by atoms with van der Waals surface area (Å²) in [5.41, 5.74) is 14.2. The van der Waals surface area contributed by atoms with Gasteiger partial charge in [0.1, 0.15) is 0 Å². The predicted molar refractivity (Wildman–Crippen MR) is 134 cm³/mol. The zero-order valence-electron chi connectivity index (χ0n) is 19.6. The van der Waals surface area contributed by atoms with Gasteiger partial charge in [0, 0.05) is 34.3 Å². The van der Waals surface area contributed by atoms with Gasteiger partial charge in [-0.25, -0.2) is 9.97 Å². The van der Waals surface area contributed by atoms with Crippen LogP contribution in [0.3, 0.4) is 0 Å². The number of fused-ring (bicyclic) bond motifs is 3.